The van der Waals surface area contributed by atoms with Gasteiger partial charge in [-0.3, -0.25) is 9.59 Å². The summed E-state index contributed by atoms with van der Waals surface area (Å²) >= 11 is 0. The van der Waals surface area contributed by atoms with Gasteiger partial charge in [0, 0.05) is 30.3 Å². The fourth-order valence-electron chi connectivity index (χ4n) is 2.69. The average Bonchev–Trinajstić information content (AvgIpc) is 2.57. The van der Waals surface area contributed by atoms with Crippen molar-refractivity contribution in [2.45, 2.75) is 32.7 Å². The maximum absolute atomic E-state index is 12.2. The van der Waals surface area contributed by atoms with Gasteiger partial charge in [-0.1, -0.05) is 0 Å². The van der Waals surface area contributed by atoms with Gasteiger partial charge in [0.1, 0.15) is 0 Å². The molecule has 2 amide bonds. The zero-order chi connectivity index (χ0) is 15.9. The number of hydrogen-bond acceptors (Lipinski definition) is 3. The molecule has 0 unspecified atom stereocenters. The summed E-state index contributed by atoms with van der Waals surface area (Å²) < 4.78 is 0. The first kappa shape index (κ1) is 16.5. The lowest BCUT2D eigenvalue weighted by atomic mass is 10.1. The number of carbonyl (C=O) groups is 2. The minimum absolute atomic E-state index is 0.00955. The quantitative estimate of drug-likeness (QED) is 0.869. The van der Waals surface area contributed by atoms with Crippen molar-refractivity contribution in [1.29, 1.82) is 0 Å². The standard InChI is InChI=1S/C17H25N3O2/c1-3-20(4-2)17(22)14-7-5-13(6-8-14)16(21)19-15-9-11-18-12-10-15/h5-8,15,18H,3-4,9-12H2,1-2H3,(H,19,21). The highest BCUT2D eigenvalue weighted by Crippen LogP contribution is 2.09. The lowest BCUT2D eigenvalue weighted by Crippen LogP contribution is -2.42. The van der Waals surface area contributed by atoms with Crippen LogP contribution in [-0.2, 0) is 0 Å². The molecule has 0 atom stereocenters. The first-order chi connectivity index (χ1) is 10.7. The van der Waals surface area contributed by atoms with E-state index in [1.54, 1.807) is 29.2 Å². The SMILES string of the molecule is CCN(CC)C(=O)c1ccc(C(=O)NC2CCNCC2)cc1. The number of nitrogens with zero attached hydrogens (tertiary/aromatic N) is 1. The Balaban J connectivity index is 1.98. The van der Waals surface area contributed by atoms with E-state index in [1.807, 2.05) is 13.8 Å². The van der Waals surface area contributed by atoms with Crippen LogP contribution in [0.1, 0.15) is 47.4 Å². The van der Waals surface area contributed by atoms with E-state index >= 15 is 0 Å². The van der Waals surface area contributed by atoms with Gasteiger partial charge in [0.25, 0.3) is 11.8 Å². The molecular formula is C17H25N3O2. The third-order valence-corrected chi connectivity index (χ3v) is 4.12. The van der Waals surface area contributed by atoms with Crippen molar-refractivity contribution in [3.05, 3.63) is 35.4 Å². The highest BCUT2D eigenvalue weighted by Gasteiger charge is 2.17. The molecular weight excluding hydrogens is 278 g/mol. The second kappa shape index (κ2) is 7.94. The Labute approximate surface area is 132 Å². The summed E-state index contributed by atoms with van der Waals surface area (Å²) in [6, 6.07) is 7.17. The van der Waals surface area contributed by atoms with Crippen LogP contribution in [0, 0.1) is 0 Å². The van der Waals surface area contributed by atoms with Crippen molar-refractivity contribution in [2.75, 3.05) is 26.2 Å². The van der Waals surface area contributed by atoms with Crippen molar-refractivity contribution >= 4 is 11.8 Å². The summed E-state index contributed by atoms with van der Waals surface area (Å²) in [6.07, 6.45) is 1.93. The van der Waals surface area contributed by atoms with Crippen molar-refractivity contribution in [2.24, 2.45) is 0 Å². The fraction of sp³-hybridized carbons (Fsp3) is 0.529. The second-order valence-corrected chi connectivity index (χ2v) is 5.55. The lowest BCUT2D eigenvalue weighted by Gasteiger charge is -2.23. The second-order valence-electron chi connectivity index (χ2n) is 5.55. The van der Waals surface area contributed by atoms with E-state index in [9.17, 15) is 9.59 Å². The molecule has 120 valence electrons. The number of benzene rings is 1. The first-order valence-corrected chi connectivity index (χ1v) is 8.06. The van der Waals surface area contributed by atoms with Gasteiger partial charge in [-0.05, 0) is 64.0 Å². The number of carbonyl (C=O) groups excluding carboxylic acids is 2. The van der Waals surface area contributed by atoms with E-state index in [0.29, 0.717) is 24.2 Å². The van der Waals surface area contributed by atoms with Gasteiger partial charge in [-0.25, -0.2) is 0 Å². The average molecular weight is 303 g/mol. The summed E-state index contributed by atoms with van der Waals surface area (Å²) in [6.45, 7) is 7.19. The van der Waals surface area contributed by atoms with Crippen LogP contribution in [0.5, 0.6) is 0 Å². The topological polar surface area (TPSA) is 61.4 Å². The maximum Gasteiger partial charge on any atom is 0.253 e. The Morgan fingerprint density at radius 2 is 1.64 bits per heavy atom. The summed E-state index contributed by atoms with van der Waals surface area (Å²) in [7, 11) is 0. The van der Waals surface area contributed by atoms with Crippen LogP contribution in [0.15, 0.2) is 24.3 Å². The van der Waals surface area contributed by atoms with E-state index in [1.165, 1.54) is 0 Å². The minimum Gasteiger partial charge on any atom is -0.349 e. The Hall–Kier alpha value is -1.88. The van der Waals surface area contributed by atoms with Gasteiger partial charge in [0.2, 0.25) is 0 Å². The van der Waals surface area contributed by atoms with E-state index in [4.69, 9.17) is 0 Å². The summed E-state index contributed by atoms with van der Waals surface area (Å²) in [5.74, 6) is -0.0518. The molecule has 22 heavy (non-hydrogen) atoms. The highest BCUT2D eigenvalue weighted by atomic mass is 16.2. The Bertz CT molecular complexity index is 503. The molecule has 0 bridgehead atoms. The fourth-order valence-corrected chi connectivity index (χ4v) is 2.69. The normalized spacial score (nSPS) is 15.4. The number of amides is 2. The molecule has 1 aliphatic rings. The smallest absolute Gasteiger partial charge is 0.253 e. The lowest BCUT2D eigenvalue weighted by molar-refractivity contribution is 0.0772. The molecule has 1 aromatic rings. The molecule has 0 saturated carbocycles. The zero-order valence-corrected chi connectivity index (χ0v) is 13.4. The Morgan fingerprint density at radius 3 is 2.18 bits per heavy atom. The van der Waals surface area contributed by atoms with Gasteiger partial charge in [-0.15, -0.1) is 0 Å². The predicted molar refractivity (Wildman–Crippen MR) is 87.1 cm³/mol. The molecule has 2 N–H and O–H groups in total. The molecule has 0 aromatic heterocycles. The van der Waals surface area contributed by atoms with Gasteiger partial charge in [0.15, 0.2) is 0 Å². The van der Waals surface area contributed by atoms with Crippen LogP contribution in [-0.4, -0.2) is 48.9 Å². The molecule has 0 spiro atoms. The van der Waals surface area contributed by atoms with Crippen LogP contribution in [0.2, 0.25) is 0 Å². The van der Waals surface area contributed by atoms with Crippen LogP contribution in [0.4, 0.5) is 0 Å². The molecule has 5 heteroatoms. The Kier molecular flexibility index (Phi) is 5.95. The number of nitrogens with one attached hydrogen (secondary N) is 2. The molecule has 1 aliphatic heterocycles. The van der Waals surface area contributed by atoms with Crippen LogP contribution in [0.3, 0.4) is 0 Å². The van der Waals surface area contributed by atoms with Crippen molar-refractivity contribution in [3.63, 3.8) is 0 Å². The summed E-state index contributed by atoms with van der Waals surface area (Å²) in [5.41, 5.74) is 1.23. The largest absolute Gasteiger partial charge is 0.349 e. The molecule has 1 aromatic carbocycles. The van der Waals surface area contributed by atoms with E-state index in [0.717, 1.165) is 25.9 Å². The van der Waals surface area contributed by atoms with Crippen molar-refractivity contribution < 1.29 is 9.59 Å². The molecule has 1 fully saturated rings. The van der Waals surface area contributed by atoms with Crippen LogP contribution >= 0.6 is 0 Å². The molecule has 5 nitrogen and oxygen atoms in total. The summed E-state index contributed by atoms with van der Waals surface area (Å²) in [4.78, 5) is 26.2. The molecule has 0 radical (unpaired) electrons. The minimum atomic E-state index is -0.0614. The van der Waals surface area contributed by atoms with E-state index in [2.05, 4.69) is 10.6 Å². The van der Waals surface area contributed by atoms with Crippen LogP contribution < -0.4 is 10.6 Å². The summed E-state index contributed by atoms with van der Waals surface area (Å²) in [5, 5.41) is 6.33. The van der Waals surface area contributed by atoms with Crippen molar-refractivity contribution in [1.82, 2.24) is 15.5 Å². The third kappa shape index (κ3) is 4.07. The molecule has 1 heterocycles. The van der Waals surface area contributed by atoms with Gasteiger partial charge in [-0.2, -0.15) is 0 Å². The molecule has 2 rings (SSSR count). The number of piperidine rings is 1. The predicted octanol–water partition coefficient (Wildman–Crippen LogP) is 1.65. The van der Waals surface area contributed by atoms with E-state index < -0.39 is 0 Å². The molecule has 0 aliphatic carbocycles. The number of hydrogen-bond donors (Lipinski definition) is 2. The Morgan fingerprint density at radius 1 is 1.09 bits per heavy atom. The first-order valence-electron chi connectivity index (χ1n) is 8.06. The van der Waals surface area contributed by atoms with Gasteiger partial charge >= 0.3 is 0 Å². The molecule has 1 saturated heterocycles. The third-order valence-electron chi connectivity index (χ3n) is 4.12. The van der Waals surface area contributed by atoms with E-state index in [-0.39, 0.29) is 17.9 Å². The zero-order valence-electron chi connectivity index (χ0n) is 13.4. The van der Waals surface area contributed by atoms with Gasteiger partial charge in [0.05, 0.1) is 0 Å². The number of rotatable bonds is 5. The highest BCUT2D eigenvalue weighted by molar-refractivity contribution is 5.97. The van der Waals surface area contributed by atoms with Crippen molar-refractivity contribution in [3.8, 4) is 0 Å². The monoisotopic (exact) mass is 303 g/mol. The van der Waals surface area contributed by atoms with Gasteiger partial charge < -0.3 is 15.5 Å². The maximum atomic E-state index is 12.2. The van der Waals surface area contributed by atoms with Crippen LogP contribution in [0.25, 0.3) is 0 Å².